The molecule has 2 amide bonds. The number of hydrogen-bond donors (Lipinski definition) is 3. The normalized spacial score (nSPS) is 15.3. The second-order valence-corrected chi connectivity index (χ2v) is 6.35. The van der Waals surface area contributed by atoms with Crippen molar-refractivity contribution in [2.75, 3.05) is 18.4 Å². The maximum absolute atomic E-state index is 12.2. The summed E-state index contributed by atoms with van der Waals surface area (Å²) in [5.41, 5.74) is 2.27. The van der Waals surface area contributed by atoms with Gasteiger partial charge in [-0.05, 0) is 63.5 Å². The fraction of sp³-hybridized carbons (Fsp3) is 0.529. The number of nitrogens with one attached hydrogen (secondary N) is 3. The van der Waals surface area contributed by atoms with Crippen molar-refractivity contribution in [3.05, 3.63) is 29.3 Å². The van der Waals surface area contributed by atoms with Crippen molar-refractivity contribution in [2.45, 2.75) is 33.7 Å². The average Bonchev–Trinajstić information content (AvgIpc) is 2.38. The zero-order valence-electron chi connectivity index (χ0n) is 14.1. The number of aryl methyl sites for hydroxylation is 1. The molecule has 1 unspecified atom stereocenters. The minimum atomic E-state index is -0.0927. The smallest absolute Gasteiger partial charge is 0.251 e. The lowest BCUT2D eigenvalue weighted by molar-refractivity contribution is -0.121. The fourth-order valence-corrected chi connectivity index (χ4v) is 2.42. The van der Waals surface area contributed by atoms with E-state index in [1.807, 2.05) is 33.8 Å². The van der Waals surface area contributed by atoms with Gasteiger partial charge < -0.3 is 16.0 Å². The predicted octanol–water partition coefficient (Wildman–Crippen LogP) is 2.35. The highest BCUT2D eigenvalue weighted by molar-refractivity contribution is 5.97. The van der Waals surface area contributed by atoms with Crippen LogP contribution in [-0.2, 0) is 4.79 Å². The number of hydrogen-bond acceptors (Lipinski definition) is 3. The molecule has 2 rings (SSSR count). The van der Waals surface area contributed by atoms with Crippen LogP contribution >= 0.6 is 12.4 Å². The molecule has 0 aromatic heterocycles. The Morgan fingerprint density at radius 3 is 2.35 bits per heavy atom. The van der Waals surface area contributed by atoms with Gasteiger partial charge in [0.1, 0.15) is 0 Å². The van der Waals surface area contributed by atoms with Gasteiger partial charge in [-0.2, -0.15) is 0 Å². The first-order chi connectivity index (χ1) is 10.4. The fourth-order valence-electron chi connectivity index (χ4n) is 2.42. The summed E-state index contributed by atoms with van der Waals surface area (Å²) in [6.45, 7) is 9.52. The van der Waals surface area contributed by atoms with Crippen LogP contribution in [0.1, 0.15) is 36.7 Å². The molecule has 23 heavy (non-hydrogen) atoms. The van der Waals surface area contributed by atoms with E-state index in [4.69, 9.17) is 0 Å². The maximum atomic E-state index is 12.2. The number of halogens is 1. The zero-order chi connectivity index (χ0) is 16.3. The minimum absolute atomic E-state index is 0. The quantitative estimate of drug-likeness (QED) is 0.771. The third-order valence-electron chi connectivity index (χ3n) is 4.10. The highest BCUT2D eigenvalue weighted by Gasteiger charge is 2.28. The van der Waals surface area contributed by atoms with E-state index in [1.54, 1.807) is 12.1 Å². The Balaban J connectivity index is 0.00000264. The van der Waals surface area contributed by atoms with Gasteiger partial charge in [-0.15, -0.1) is 12.4 Å². The van der Waals surface area contributed by atoms with Crippen LogP contribution in [0.25, 0.3) is 0 Å². The molecule has 128 valence electrons. The Labute approximate surface area is 144 Å². The van der Waals surface area contributed by atoms with Crippen molar-refractivity contribution < 1.29 is 9.59 Å². The van der Waals surface area contributed by atoms with E-state index in [2.05, 4.69) is 16.0 Å². The molecular formula is C17H26ClN3O2. The third kappa shape index (κ3) is 4.94. The summed E-state index contributed by atoms with van der Waals surface area (Å²) in [7, 11) is 0. The Bertz CT molecular complexity index is 571. The first-order valence-corrected chi connectivity index (χ1v) is 7.81. The molecule has 1 aliphatic heterocycles. The van der Waals surface area contributed by atoms with Crippen LogP contribution in [-0.4, -0.2) is 30.9 Å². The molecule has 1 atom stereocenters. The predicted molar refractivity (Wildman–Crippen MR) is 95.2 cm³/mol. The molecule has 1 fully saturated rings. The number of rotatable bonds is 5. The van der Waals surface area contributed by atoms with E-state index in [0.717, 1.165) is 24.3 Å². The maximum Gasteiger partial charge on any atom is 0.251 e. The highest BCUT2D eigenvalue weighted by atomic mass is 35.5. The van der Waals surface area contributed by atoms with Crippen molar-refractivity contribution in [3.8, 4) is 0 Å². The van der Waals surface area contributed by atoms with E-state index < -0.39 is 0 Å². The standard InChI is InChI=1S/C17H25N3O2.ClH/c1-10(2)19-17(22)13-5-6-15(11(3)7-13)20-16(21)12(4)14-8-18-9-14;/h5-7,10,12,14,18H,8-9H2,1-4H3,(H,19,22)(H,20,21);1H. The summed E-state index contributed by atoms with van der Waals surface area (Å²) in [4.78, 5) is 24.2. The molecule has 1 aliphatic rings. The van der Waals surface area contributed by atoms with Crippen LogP contribution in [0.2, 0.25) is 0 Å². The molecule has 0 bridgehead atoms. The number of anilines is 1. The number of benzene rings is 1. The highest BCUT2D eigenvalue weighted by Crippen LogP contribution is 2.21. The van der Waals surface area contributed by atoms with Gasteiger partial charge in [0.05, 0.1) is 0 Å². The summed E-state index contributed by atoms with van der Waals surface area (Å²) in [6.07, 6.45) is 0. The van der Waals surface area contributed by atoms with Gasteiger partial charge in [-0.1, -0.05) is 6.92 Å². The van der Waals surface area contributed by atoms with Gasteiger partial charge in [-0.3, -0.25) is 9.59 Å². The Morgan fingerprint density at radius 2 is 1.87 bits per heavy atom. The topological polar surface area (TPSA) is 70.2 Å². The lowest BCUT2D eigenvalue weighted by atomic mass is 9.88. The first kappa shape index (κ1) is 19.5. The Morgan fingerprint density at radius 1 is 1.22 bits per heavy atom. The molecule has 6 heteroatoms. The second-order valence-electron chi connectivity index (χ2n) is 6.35. The van der Waals surface area contributed by atoms with Gasteiger partial charge in [0, 0.05) is 23.2 Å². The van der Waals surface area contributed by atoms with E-state index in [-0.39, 0.29) is 36.2 Å². The van der Waals surface area contributed by atoms with Crippen LogP contribution in [0, 0.1) is 18.8 Å². The molecule has 3 N–H and O–H groups in total. The van der Waals surface area contributed by atoms with E-state index in [1.165, 1.54) is 0 Å². The molecule has 1 saturated heterocycles. The van der Waals surface area contributed by atoms with Crippen LogP contribution in [0.5, 0.6) is 0 Å². The molecule has 1 aromatic rings. The summed E-state index contributed by atoms with van der Waals surface area (Å²) < 4.78 is 0. The van der Waals surface area contributed by atoms with Crippen LogP contribution in [0.4, 0.5) is 5.69 Å². The van der Waals surface area contributed by atoms with Crippen LogP contribution in [0.3, 0.4) is 0 Å². The van der Waals surface area contributed by atoms with Gasteiger partial charge in [0.2, 0.25) is 5.91 Å². The molecular weight excluding hydrogens is 314 g/mol. The monoisotopic (exact) mass is 339 g/mol. The Kier molecular flexibility index (Phi) is 7.03. The lowest BCUT2D eigenvalue weighted by Crippen LogP contribution is -2.48. The second kappa shape index (κ2) is 8.31. The molecule has 0 saturated carbocycles. The number of amides is 2. The zero-order valence-corrected chi connectivity index (χ0v) is 14.9. The van der Waals surface area contributed by atoms with Crippen molar-refractivity contribution >= 4 is 29.9 Å². The summed E-state index contributed by atoms with van der Waals surface area (Å²) >= 11 is 0. The van der Waals surface area contributed by atoms with Gasteiger partial charge in [0.25, 0.3) is 5.91 Å². The Hall–Kier alpha value is -1.59. The van der Waals surface area contributed by atoms with E-state index >= 15 is 0 Å². The first-order valence-electron chi connectivity index (χ1n) is 7.81. The van der Waals surface area contributed by atoms with E-state index in [9.17, 15) is 9.59 Å². The number of carbonyl (C=O) groups is 2. The summed E-state index contributed by atoms with van der Waals surface area (Å²) in [6, 6.07) is 5.46. The van der Waals surface area contributed by atoms with Crippen LogP contribution in [0.15, 0.2) is 18.2 Å². The largest absolute Gasteiger partial charge is 0.350 e. The van der Waals surface area contributed by atoms with Crippen molar-refractivity contribution in [1.82, 2.24) is 10.6 Å². The molecule has 0 aliphatic carbocycles. The third-order valence-corrected chi connectivity index (χ3v) is 4.10. The summed E-state index contributed by atoms with van der Waals surface area (Å²) in [5, 5.41) is 9.01. The van der Waals surface area contributed by atoms with Crippen molar-refractivity contribution in [3.63, 3.8) is 0 Å². The van der Waals surface area contributed by atoms with E-state index in [0.29, 0.717) is 11.5 Å². The lowest BCUT2D eigenvalue weighted by Gasteiger charge is -2.31. The molecule has 1 aromatic carbocycles. The minimum Gasteiger partial charge on any atom is -0.350 e. The van der Waals surface area contributed by atoms with Gasteiger partial charge in [0.15, 0.2) is 0 Å². The molecule has 1 heterocycles. The van der Waals surface area contributed by atoms with Crippen LogP contribution < -0.4 is 16.0 Å². The molecule has 5 nitrogen and oxygen atoms in total. The summed E-state index contributed by atoms with van der Waals surface area (Å²) in [5.74, 6) is 0.347. The van der Waals surface area contributed by atoms with Gasteiger partial charge in [-0.25, -0.2) is 0 Å². The average molecular weight is 340 g/mol. The molecule has 0 spiro atoms. The molecule has 0 radical (unpaired) electrons. The van der Waals surface area contributed by atoms with Crippen molar-refractivity contribution in [2.24, 2.45) is 11.8 Å². The number of carbonyl (C=O) groups excluding carboxylic acids is 2. The van der Waals surface area contributed by atoms with Crippen molar-refractivity contribution in [1.29, 1.82) is 0 Å². The van der Waals surface area contributed by atoms with Gasteiger partial charge >= 0.3 is 0 Å². The SMILES string of the molecule is Cc1cc(C(=O)NC(C)C)ccc1NC(=O)C(C)C1CNC1.Cl.